The number of nitrogens with two attached hydrogens (primary N) is 1. The second kappa shape index (κ2) is 4.37. The molecule has 0 aromatic rings. The summed E-state index contributed by atoms with van der Waals surface area (Å²) in [4.78, 5) is 2.48. The fourth-order valence-corrected chi connectivity index (χ4v) is 2.38. The van der Waals surface area contributed by atoms with E-state index in [-0.39, 0.29) is 0 Å². The van der Waals surface area contributed by atoms with E-state index in [1.54, 1.807) is 0 Å². The molecule has 3 atom stereocenters. The van der Waals surface area contributed by atoms with Crippen LogP contribution in [0.4, 0.5) is 0 Å². The van der Waals surface area contributed by atoms with Crippen molar-refractivity contribution in [3.63, 3.8) is 0 Å². The highest BCUT2D eigenvalue weighted by molar-refractivity contribution is 5.22. The fraction of sp³-hybridized carbons (Fsp3) is 0.667. The van der Waals surface area contributed by atoms with Crippen LogP contribution in [0.3, 0.4) is 0 Å². The zero-order chi connectivity index (χ0) is 10.8. The number of nitrogens with zero attached hydrogens (tertiary/aromatic N) is 1. The van der Waals surface area contributed by atoms with E-state index in [0.717, 1.165) is 25.2 Å². The molecule has 0 amide bonds. The summed E-state index contributed by atoms with van der Waals surface area (Å²) in [6.07, 6.45) is 8.03. The summed E-state index contributed by atoms with van der Waals surface area (Å²) in [7, 11) is 0. The molecule has 1 aliphatic heterocycles. The molecule has 0 bridgehead atoms. The molecule has 3 nitrogen and oxygen atoms in total. The molecule has 0 aromatic heterocycles. The molecule has 2 aliphatic rings. The van der Waals surface area contributed by atoms with Crippen molar-refractivity contribution >= 4 is 0 Å². The van der Waals surface area contributed by atoms with Crippen LogP contribution >= 0.6 is 0 Å². The monoisotopic (exact) mass is 208 g/mol. The lowest BCUT2D eigenvalue weighted by Crippen LogP contribution is -2.49. The summed E-state index contributed by atoms with van der Waals surface area (Å²) in [6.45, 7) is 6.32. The SMILES string of the molecule is C[C@@H]1CN(C2C=CC(N)=CC2)C[C@@H](C)O1. The highest BCUT2D eigenvalue weighted by atomic mass is 16.5. The quantitative estimate of drug-likeness (QED) is 0.705. The third kappa shape index (κ3) is 2.61. The van der Waals surface area contributed by atoms with Gasteiger partial charge in [0.1, 0.15) is 0 Å². The van der Waals surface area contributed by atoms with Crippen molar-refractivity contribution in [3.05, 3.63) is 23.9 Å². The van der Waals surface area contributed by atoms with E-state index in [9.17, 15) is 0 Å². The van der Waals surface area contributed by atoms with Gasteiger partial charge < -0.3 is 10.5 Å². The standard InChI is InChI=1S/C12H20N2O/c1-9-7-14(8-10(2)15-9)12-5-3-11(13)4-6-12/h3-5,9-10,12H,6-8,13H2,1-2H3/t9-,10-,12?/m1/s1. The minimum absolute atomic E-state index is 0.338. The molecule has 84 valence electrons. The van der Waals surface area contributed by atoms with Crippen LogP contribution < -0.4 is 5.73 Å². The molecule has 0 spiro atoms. The summed E-state index contributed by atoms with van der Waals surface area (Å²) in [5.74, 6) is 0. The van der Waals surface area contributed by atoms with E-state index in [1.807, 2.05) is 6.08 Å². The van der Waals surface area contributed by atoms with Crippen LogP contribution in [0.2, 0.25) is 0 Å². The molecular formula is C12H20N2O. The summed E-state index contributed by atoms with van der Waals surface area (Å²) in [5, 5.41) is 0. The maximum Gasteiger partial charge on any atom is 0.0678 e. The van der Waals surface area contributed by atoms with Crippen LogP contribution in [0.25, 0.3) is 0 Å². The lowest BCUT2D eigenvalue weighted by molar-refractivity contribution is -0.0751. The van der Waals surface area contributed by atoms with Gasteiger partial charge in [0.15, 0.2) is 0 Å². The van der Waals surface area contributed by atoms with E-state index in [4.69, 9.17) is 10.5 Å². The van der Waals surface area contributed by atoms with Crippen molar-refractivity contribution in [2.45, 2.75) is 38.5 Å². The molecule has 15 heavy (non-hydrogen) atoms. The maximum absolute atomic E-state index is 5.72. The topological polar surface area (TPSA) is 38.5 Å². The Morgan fingerprint density at radius 2 is 2.00 bits per heavy atom. The molecule has 0 aromatic carbocycles. The normalized spacial score (nSPS) is 37.7. The van der Waals surface area contributed by atoms with E-state index in [0.29, 0.717) is 18.2 Å². The number of rotatable bonds is 1. The van der Waals surface area contributed by atoms with Crippen LogP contribution in [-0.2, 0) is 4.74 Å². The third-order valence-corrected chi connectivity index (χ3v) is 3.02. The molecule has 3 heteroatoms. The van der Waals surface area contributed by atoms with Gasteiger partial charge in [-0.1, -0.05) is 12.2 Å². The second-order valence-electron chi connectivity index (χ2n) is 4.58. The first kappa shape index (κ1) is 10.7. The highest BCUT2D eigenvalue weighted by Crippen LogP contribution is 2.19. The average molecular weight is 208 g/mol. The molecule has 1 aliphatic carbocycles. The predicted molar refractivity (Wildman–Crippen MR) is 61.4 cm³/mol. The molecule has 0 radical (unpaired) electrons. The minimum atomic E-state index is 0.338. The smallest absolute Gasteiger partial charge is 0.0678 e. The van der Waals surface area contributed by atoms with Crippen molar-refractivity contribution < 1.29 is 4.74 Å². The Labute approximate surface area is 91.6 Å². The van der Waals surface area contributed by atoms with E-state index >= 15 is 0 Å². The summed E-state index contributed by atoms with van der Waals surface area (Å²) in [5.41, 5.74) is 6.60. The van der Waals surface area contributed by atoms with Gasteiger partial charge >= 0.3 is 0 Å². The van der Waals surface area contributed by atoms with Crippen LogP contribution in [-0.4, -0.2) is 36.2 Å². The highest BCUT2D eigenvalue weighted by Gasteiger charge is 2.26. The van der Waals surface area contributed by atoms with Gasteiger partial charge in [0.05, 0.1) is 12.2 Å². The fourth-order valence-electron chi connectivity index (χ4n) is 2.38. The molecule has 1 heterocycles. The Balaban J connectivity index is 1.96. The Kier molecular flexibility index (Phi) is 3.12. The third-order valence-electron chi connectivity index (χ3n) is 3.02. The number of morpholine rings is 1. The average Bonchev–Trinajstić information content (AvgIpc) is 2.17. The first-order valence-electron chi connectivity index (χ1n) is 5.68. The maximum atomic E-state index is 5.72. The summed E-state index contributed by atoms with van der Waals surface area (Å²) in [6, 6.07) is 0.506. The number of allylic oxidation sites excluding steroid dienone is 1. The number of hydrogen-bond acceptors (Lipinski definition) is 3. The zero-order valence-corrected chi connectivity index (χ0v) is 9.52. The largest absolute Gasteiger partial charge is 0.399 e. The van der Waals surface area contributed by atoms with Crippen LogP contribution in [0, 0.1) is 0 Å². The Morgan fingerprint density at radius 3 is 2.53 bits per heavy atom. The Morgan fingerprint density at radius 1 is 1.33 bits per heavy atom. The van der Waals surface area contributed by atoms with E-state index in [1.165, 1.54) is 0 Å². The molecule has 2 rings (SSSR count). The first-order valence-corrected chi connectivity index (χ1v) is 5.68. The lowest BCUT2D eigenvalue weighted by atomic mass is 10.0. The van der Waals surface area contributed by atoms with Crippen molar-refractivity contribution in [2.24, 2.45) is 5.73 Å². The van der Waals surface area contributed by atoms with Crippen LogP contribution in [0.15, 0.2) is 23.9 Å². The molecule has 1 saturated heterocycles. The van der Waals surface area contributed by atoms with Gasteiger partial charge in [-0.2, -0.15) is 0 Å². The number of hydrogen-bond donors (Lipinski definition) is 1. The van der Waals surface area contributed by atoms with Crippen molar-refractivity contribution in [2.75, 3.05) is 13.1 Å². The van der Waals surface area contributed by atoms with Gasteiger partial charge in [-0.3, -0.25) is 4.90 Å². The first-order chi connectivity index (χ1) is 7.15. The lowest BCUT2D eigenvalue weighted by Gasteiger charge is -2.39. The summed E-state index contributed by atoms with van der Waals surface area (Å²) < 4.78 is 5.72. The predicted octanol–water partition coefficient (Wildman–Crippen LogP) is 1.27. The van der Waals surface area contributed by atoms with Gasteiger partial charge in [0, 0.05) is 24.8 Å². The van der Waals surface area contributed by atoms with Gasteiger partial charge in [0.2, 0.25) is 0 Å². The molecule has 0 saturated carbocycles. The van der Waals surface area contributed by atoms with E-state index < -0.39 is 0 Å². The Hall–Kier alpha value is -0.800. The molecule has 2 N–H and O–H groups in total. The van der Waals surface area contributed by atoms with Gasteiger partial charge in [-0.25, -0.2) is 0 Å². The Bertz CT molecular complexity index is 275. The van der Waals surface area contributed by atoms with Crippen molar-refractivity contribution in [1.82, 2.24) is 4.90 Å². The van der Waals surface area contributed by atoms with E-state index in [2.05, 4.69) is 30.9 Å². The van der Waals surface area contributed by atoms with Crippen molar-refractivity contribution in [3.8, 4) is 0 Å². The van der Waals surface area contributed by atoms with Gasteiger partial charge in [0.25, 0.3) is 0 Å². The minimum Gasteiger partial charge on any atom is -0.399 e. The van der Waals surface area contributed by atoms with Gasteiger partial charge in [-0.05, 0) is 26.3 Å². The second-order valence-corrected chi connectivity index (χ2v) is 4.58. The van der Waals surface area contributed by atoms with Crippen LogP contribution in [0.1, 0.15) is 20.3 Å². The van der Waals surface area contributed by atoms with Crippen LogP contribution in [0.5, 0.6) is 0 Å². The van der Waals surface area contributed by atoms with Crippen molar-refractivity contribution in [1.29, 1.82) is 0 Å². The molecule has 1 unspecified atom stereocenters. The summed E-state index contributed by atoms with van der Waals surface area (Å²) >= 11 is 0. The number of ether oxygens (including phenoxy) is 1. The zero-order valence-electron chi connectivity index (χ0n) is 9.52. The van der Waals surface area contributed by atoms with Gasteiger partial charge in [-0.15, -0.1) is 0 Å². The molecule has 1 fully saturated rings. The molecular weight excluding hydrogens is 188 g/mol.